The first kappa shape index (κ1) is 14.5. The second-order valence-electron chi connectivity index (χ2n) is 4.02. The number of benzene rings is 2. The van der Waals surface area contributed by atoms with Crippen LogP contribution in [0.15, 0.2) is 40.9 Å². The van der Waals surface area contributed by atoms with E-state index in [1.54, 1.807) is 24.3 Å². The van der Waals surface area contributed by atoms with Crippen LogP contribution in [-0.2, 0) is 0 Å². The number of ketones is 1. The van der Waals surface area contributed by atoms with Crippen LogP contribution in [0.2, 0.25) is 0 Å². The van der Waals surface area contributed by atoms with Crippen molar-refractivity contribution in [3.63, 3.8) is 0 Å². The molecule has 2 aromatic carbocycles. The van der Waals surface area contributed by atoms with Gasteiger partial charge in [0.1, 0.15) is 17.3 Å². The summed E-state index contributed by atoms with van der Waals surface area (Å²) in [7, 11) is 2.97. The van der Waals surface area contributed by atoms with E-state index in [1.807, 2.05) is 0 Å². The van der Waals surface area contributed by atoms with Gasteiger partial charge in [0.2, 0.25) is 0 Å². The molecule has 0 unspecified atom stereocenters. The van der Waals surface area contributed by atoms with Gasteiger partial charge in [0, 0.05) is 10.5 Å². The summed E-state index contributed by atoms with van der Waals surface area (Å²) in [5.41, 5.74) is 0.284. The van der Waals surface area contributed by atoms with Gasteiger partial charge in [-0.3, -0.25) is 4.79 Å². The van der Waals surface area contributed by atoms with Crippen molar-refractivity contribution in [2.24, 2.45) is 0 Å². The largest absolute Gasteiger partial charge is 0.497 e. The standard InChI is InChI=1S/C15H12BrFO3/c1-19-10-4-6-12(14(8-10)20-2)15(18)11-5-3-9(16)7-13(11)17/h3-8H,1-2H3. The Morgan fingerprint density at radius 3 is 2.35 bits per heavy atom. The van der Waals surface area contributed by atoms with E-state index in [4.69, 9.17) is 9.47 Å². The molecule has 2 rings (SSSR count). The van der Waals surface area contributed by atoms with E-state index < -0.39 is 11.6 Å². The van der Waals surface area contributed by atoms with Crippen molar-refractivity contribution in [2.75, 3.05) is 14.2 Å². The number of hydrogen-bond acceptors (Lipinski definition) is 3. The quantitative estimate of drug-likeness (QED) is 0.794. The minimum atomic E-state index is -0.581. The Morgan fingerprint density at radius 2 is 1.75 bits per heavy atom. The molecular formula is C15H12BrFO3. The minimum Gasteiger partial charge on any atom is -0.497 e. The SMILES string of the molecule is COc1ccc(C(=O)c2ccc(Br)cc2F)c(OC)c1. The summed E-state index contributed by atoms with van der Waals surface area (Å²) >= 11 is 3.16. The lowest BCUT2D eigenvalue weighted by atomic mass is 10.0. The lowest BCUT2D eigenvalue weighted by molar-refractivity contribution is 0.103. The second-order valence-corrected chi connectivity index (χ2v) is 4.94. The molecule has 0 saturated heterocycles. The Labute approximate surface area is 124 Å². The fraction of sp³-hybridized carbons (Fsp3) is 0.133. The molecule has 0 atom stereocenters. The van der Waals surface area contributed by atoms with Crippen LogP contribution in [0.1, 0.15) is 15.9 Å². The number of carbonyl (C=O) groups is 1. The Hall–Kier alpha value is -1.88. The van der Waals surface area contributed by atoms with Crippen molar-refractivity contribution in [1.29, 1.82) is 0 Å². The smallest absolute Gasteiger partial charge is 0.199 e. The number of halogens is 2. The topological polar surface area (TPSA) is 35.5 Å². The molecule has 0 N–H and O–H groups in total. The van der Waals surface area contributed by atoms with Crippen LogP contribution in [-0.4, -0.2) is 20.0 Å². The molecule has 0 fully saturated rings. The van der Waals surface area contributed by atoms with Crippen molar-refractivity contribution in [3.8, 4) is 11.5 Å². The molecule has 2 aromatic rings. The average Bonchev–Trinajstić information content (AvgIpc) is 2.46. The highest BCUT2D eigenvalue weighted by atomic mass is 79.9. The van der Waals surface area contributed by atoms with Crippen LogP contribution in [0.4, 0.5) is 4.39 Å². The molecule has 0 aromatic heterocycles. The summed E-state index contributed by atoms with van der Waals surface area (Å²) < 4.78 is 24.7. The molecule has 0 aliphatic heterocycles. The highest BCUT2D eigenvalue weighted by molar-refractivity contribution is 9.10. The van der Waals surface area contributed by atoms with E-state index >= 15 is 0 Å². The molecule has 20 heavy (non-hydrogen) atoms. The van der Waals surface area contributed by atoms with Gasteiger partial charge in [-0.2, -0.15) is 0 Å². The van der Waals surface area contributed by atoms with Crippen LogP contribution in [0.3, 0.4) is 0 Å². The van der Waals surface area contributed by atoms with Crippen molar-refractivity contribution in [1.82, 2.24) is 0 Å². The van der Waals surface area contributed by atoms with E-state index in [1.165, 1.54) is 26.4 Å². The van der Waals surface area contributed by atoms with Crippen molar-refractivity contribution in [2.45, 2.75) is 0 Å². The van der Waals surface area contributed by atoms with Gasteiger partial charge in [0.15, 0.2) is 5.78 Å². The lowest BCUT2D eigenvalue weighted by Crippen LogP contribution is -2.06. The average molecular weight is 339 g/mol. The summed E-state index contributed by atoms with van der Waals surface area (Å²) in [5.74, 6) is -0.108. The zero-order valence-corrected chi connectivity index (χ0v) is 12.5. The first-order chi connectivity index (χ1) is 9.56. The fourth-order valence-electron chi connectivity index (χ4n) is 1.80. The molecular weight excluding hydrogens is 327 g/mol. The molecule has 0 heterocycles. The van der Waals surface area contributed by atoms with E-state index in [-0.39, 0.29) is 11.1 Å². The van der Waals surface area contributed by atoms with Crippen LogP contribution in [0.25, 0.3) is 0 Å². The molecule has 0 saturated carbocycles. The summed E-state index contributed by atoms with van der Waals surface area (Å²) in [4.78, 5) is 12.4. The highest BCUT2D eigenvalue weighted by Crippen LogP contribution is 2.28. The molecule has 3 nitrogen and oxygen atoms in total. The molecule has 0 radical (unpaired) electrons. The van der Waals surface area contributed by atoms with E-state index in [0.717, 1.165) is 0 Å². The molecule has 0 aliphatic rings. The van der Waals surface area contributed by atoms with E-state index in [9.17, 15) is 9.18 Å². The maximum Gasteiger partial charge on any atom is 0.199 e. The Kier molecular flexibility index (Phi) is 4.39. The lowest BCUT2D eigenvalue weighted by Gasteiger charge is -2.10. The van der Waals surface area contributed by atoms with Crippen LogP contribution >= 0.6 is 15.9 Å². The third kappa shape index (κ3) is 2.82. The summed E-state index contributed by atoms with van der Waals surface area (Å²) in [5, 5.41) is 0. The van der Waals surface area contributed by atoms with Crippen molar-refractivity contribution < 1.29 is 18.7 Å². The van der Waals surface area contributed by atoms with Crippen LogP contribution < -0.4 is 9.47 Å². The number of rotatable bonds is 4. The number of carbonyl (C=O) groups excluding carboxylic acids is 1. The molecule has 104 valence electrons. The maximum atomic E-state index is 13.9. The first-order valence-corrected chi connectivity index (χ1v) is 6.58. The highest BCUT2D eigenvalue weighted by Gasteiger charge is 2.18. The van der Waals surface area contributed by atoms with E-state index in [0.29, 0.717) is 16.0 Å². The Balaban J connectivity index is 2.47. The van der Waals surface area contributed by atoms with Gasteiger partial charge in [-0.05, 0) is 30.3 Å². The zero-order valence-electron chi connectivity index (χ0n) is 10.9. The van der Waals surface area contributed by atoms with Gasteiger partial charge in [-0.1, -0.05) is 15.9 Å². The van der Waals surface area contributed by atoms with Gasteiger partial charge >= 0.3 is 0 Å². The maximum absolute atomic E-state index is 13.9. The molecule has 0 bridgehead atoms. The monoisotopic (exact) mass is 338 g/mol. The minimum absolute atomic E-state index is 0.00309. The third-order valence-electron chi connectivity index (χ3n) is 2.83. The number of methoxy groups -OCH3 is 2. The van der Waals surface area contributed by atoms with Gasteiger partial charge in [-0.25, -0.2) is 4.39 Å². The van der Waals surface area contributed by atoms with Crippen molar-refractivity contribution in [3.05, 3.63) is 57.8 Å². The van der Waals surface area contributed by atoms with Crippen LogP contribution in [0.5, 0.6) is 11.5 Å². The van der Waals surface area contributed by atoms with Crippen LogP contribution in [0, 0.1) is 5.82 Å². The van der Waals surface area contributed by atoms with Crippen molar-refractivity contribution >= 4 is 21.7 Å². The molecule has 0 spiro atoms. The van der Waals surface area contributed by atoms with Gasteiger partial charge < -0.3 is 9.47 Å². The number of hydrogen-bond donors (Lipinski definition) is 0. The summed E-state index contributed by atoms with van der Waals surface area (Å²) in [6, 6.07) is 9.08. The second kappa shape index (κ2) is 6.05. The zero-order chi connectivity index (χ0) is 14.7. The fourth-order valence-corrected chi connectivity index (χ4v) is 2.14. The van der Waals surface area contributed by atoms with Gasteiger partial charge in [0.05, 0.1) is 25.3 Å². The van der Waals surface area contributed by atoms with Gasteiger partial charge in [-0.15, -0.1) is 0 Å². The Bertz CT molecular complexity index is 656. The Morgan fingerprint density at radius 1 is 1.05 bits per heavy atom. The number of ether oxygens (including phenoxy) is 2. The third-order valence-corrected chi connectivity index (χ3v) is 3.32. The first-order valence-electron chi connectivity index (χ1n) is 5.78. The summed E-state index contributed by atoms with van der Waals surface area (Å²) in [6.07, 6.45) is 0. The van der Waals surface area contributed by atoms with E-state index in [2.05, 4.69) is 15.9 Å². The van der Waals surface area contributed by atoms with Gasteiger partial charge in [0.25, 0.3) is 0 Å². The molecule has 0 amide bonds. The molecule has 5 heteroatoms. The normalized spacial score (nSPS) is 10.2. The molecule has 0 aliphatic carbocycles. The predicted octanol–water partition coefficient (Wildman–Crippen LogP) is 3.84. The summed E-state index contributed by atoms with van der Waals surface area (Å²) in [6.45, 7) is 0. The predicted molar refractivity (Wildman–Crippen MR) is 77.1 cm³/mol.